The Morgan fingerprint density at radius 3 is 2.44 bits per heavy atom. The summed E-state index contributed by atoms with van der Waals surface area (Å²) < 4.78 is 44.2. The number of rotatable bonds is 6. The van der Waals surface area contributed by atoms with Crippen LogP contribution in [-0.4, -0.2) is 43.4 Å². The zero-order valence-electron chi connectivity index (χ0n) is 15.4. The average Bonchev–Trinajstić information content (AvgIpc) is 3.06. The first-order chi connectivity index (χ1) is 12.5. The van der Waals surface area contributed by atoms with Gasteiger partial charge in [-0.3, -0.25) is 4.79 Å². The van der Waals surface area contributed by atoms with Crippen molar-refractivity contribution in [2.45, 2.75) is 44.3 Å². The fraction of sp³-hybridized carbons (Fsp3) is 0.500. The number of thioether (sulfide) groups is 1. The lowest BCUT2D eigenvalue weighted by Crippen LogP contribution is -2.17. The van der Waals surface area contributed by atoms with Crippen molar-refractivity contribution in [3.05, 3.63) is 28.3 Å². The molecule has 27 heavy (non-hydrogen) atoms. The van der Waals surface area contributed by atoms with E-state index in [1.165, 1.54) is 7.05 Å². The van der Waals surface area contributed by atoms with Gasteiger partial charge in [-0.15, -0.1) is 10.2 Å². The van der Waals surface area contributed by atoms with E-state index in [1.807, 2.05) is 0 Å². The highest BCUT2D eigenvalue weighted by Gasteiger charge is 2.38. The van der Waals surface area contributed by atoms with Gasteiger partial charge in [0.25, 0.3) is 0 Å². The Morgan fingerprint density at radius 1 is 1.30 bits per heavy atom. The van der Waals surface area contributed by atoms with Crippen LogP contribution in [-0.2, 0) is 18.0 Å². The third-order valence-corrected chi connectivity index (χ3v) is 5.04. The highest BCUT2D eigenvalue weighted by molar-refractivity contribution is 8.00. The van der Waals surface area contributed by atoms with E-state index in [0.717, 1.165) is 16.3 Å². The number of H-pyrrole nitrogens is 1. The molecule has 0 aliphatic carbocycles. The van der Waals surface area contributed by atoms with Crippen molar-refractivity contribution in [2.24, 2.45) is 7.05 Å². The number of esters is 1. The summed E-state index contributed by atoms with van der Waals surface area (Å²) in [6, 6.07) is 0. The number of aromatic nitrogens is 4. The summed E-state index contributed by atoms with van der Waals surface area (Å²) in [7, 11) is 1.19. The SMILES string of the molecule is CCOC(=O)c1c(C)[nH]c(C(=O)C(C)Sc2nnc(C(F)(F)F)n2C)c1C. The van der Waals surface area contributed by atoms with Gasteiger partial charge in [-0.2, -0.15) is 13.2 Å². The molecule has 2 aromatic heterocycles. The van der Waals surface area contributed by atoms with Crippen molar-refractivity contribution in [2.75, 3.05) is 6.61 Å². The van der Waals surface area contributed by atoms with Gasteiger partial charge in [0.15, 0.2) is 10.9 Å². The van der Waals surface area contributed by atoms with E-state index < -0.39 is 23.2 Å². The summed E-state index contributed by atoms with van der Waals surface area (Å²) >= 11 is 0.856. The largest absolute Gasteiger partial charge is 0.462 e. The maximum absolute atomic E-state index is 12.8. The first-order valence-electron chi connectivity index (χ1n) is 8.02. The quantitative estimate of drug-likeness (QED) is 0.451. The predicted octanol–water partition coefficient (Wildman–Crippen LogP) is 3.32. The van der Waals surface area contributed by atoms with E-state index in [4.69, 9.17) is 4.74 Å². The third-order valence-electron chi connectivity index (χ3n) is 3.90. The Kier molecular flexibility index (Phi) is 6.03. The molecule has 0 aromatic carbocycles. The number of carbonyl (C=O) groups excluding carboxylic acids is 2. The second-order valence-electron chi connectivity index (χ2n) is 5.83. The molecule has 1 unspecified atom stereocenters. The first-order valence-corrected chi connectivity index (χ1v) is 8.90. The van der Waals surface area contributed by atoms with Crippen molar-refractivity contribution in [1.29, 1.82) is 0 Å². The number of carbonyl (C=O) groups is 2. The van der Waals surface area contributed by atoms with Crippen LogP contribution < -0.4 is 0 Å². The molecule has 7 nitrogen and oxygen atoms in total. The number of halogens is 3. The van der Waals surface area contributed by atoms with Crippen molar-refractivity contribution < 1.29 is 27.5 Å². The van der Waals surface area contributed by atoms with E-state index in [0.29, 0.717) is 11.3 Å². The van der Waals surface area contributed by atoms with Crippen molar-refractivity contribution in [1.82, 2.24) is 19.7 Å². The molecule has 2 heterocycles. The van der Waals surface area contributed by atoms with E-state index >= 15 is 0 Å². The lowest BCUT2D eigenvalue weighted by Gasteiger charge is -2.10. The van der Waals surface area contributed by atoms with Gasteiger partial charge in [-0.05, 0) is 33.3 Å². The van der Waals surface area contributed by atoms with Crippen molar-refractivity contribution in [3.63, 3.8) is 0 Å². The number of nitrogens with zero attached hydrogens (tertiary/aromatic N) is 3. The lowest BCUT2D eigenvalue weighted by molar-refractivity contribution is -0.147. The summed E-state index contributed by atoms with van der Waals surface area (Å²) in [6.45, 7) is 6.69. The van der Waals surface area contributed by atoms with Crippen LogP contribution in [0, 0.1) is 13.8 Å². The number of nitrogens with one attached hydrogen (secondary N) is 1. The standard InChI is InChI=1S/C16H19F3N4O3S/c1-6-26-13(25)10-7(2)11(20-8(10)3)12(24)9(4)27-15-22-21-14(23(15)5)16(17,18)19/h9,20H,6H2,1-5H3. The normalized spacial score (nSPS) is 12.9. The molecule has 2 rings (SSSR count). The average molecular weight is 404 g/mol. The Balaban J connectivity index is 2.25. The molecule has 11 heteroatoms. The highest BCUT2D eigenvalue weighted by atomic mass is 32.2. The second-order valence-corrected chi connectivity index (χ2v) is 7.14. The van der Waals surface area contributed by atoms with E-state index in [9.17, 15) is 22.8 Å². The van der Waals surface area contributed by atoms with E-state index in [1.54, 1.807) is 27.7 Å². The Labute approximate surface area is 157 Å². The van der Waals surface area contributed by atoms with Crippen LogP contribution in [0.3, 0.4) is 0 Å². The molecular formula is C16H19F3N4O3S. The zero-order valence-corrected chi connectivity index (χ0v) is 16.2. The molecule has 0 radical (unpaired) electrons. The molecular weight excluding hydrogens is 385 g/mol. The van der Waals surface area contributed by atoms with Crippen molar-refractivity contribution >= 4 is 23.5 Å². The smallest absolute Gasteiger partial charge is 0.451 e. The summed E-state index contributed by atoms with van der Waals surface area (Å²) in [6.07, 6.45) is -4.63. The second kappa shape index (κ2) is 7.75. The minimum atomic E-state index is -4.63. The Morgan fingerprint density at radius 2 is 1.93 bits per heavy atom. The molecule has 2 aromatic rings. The minimum absolute atomic E-state index is 0.0327. The van der Waals surface area contributed by atoms with Crippen LogP contribution in [0.4, 0.5) is 13.2 Å². The molecule has 0 spiro atoms. The Hall–Kier alpha value is -2.30. The number of hydrogen-bond acceptors (Lipinski definition) is 6. The van der Waals surface area contributed by atoms with Crippen LogP contribution in [0.25, 0.3) is 0 Å². The number of hydrogen-bond donors (Lipinski definition) is 1. The van der Waals surface area contributed by atoms with Crippen LogP contribution in [0.5, 0.6) is 0 Å². The summed E-state index contributed by atoms with van der Waals surface area (Å²) in [4.78, 5) is 27.7. The number of aromatic amines is 1. The fourth-order valence-corrected chi connectivity index (χ4v) is 3.46. The molecule has 0 amide bonds. The van der Waals surface area contributed by atoms with Gasteiger partial charge >= 0.3 is 12.1 Å². The maximum Gasteiger partial charge on any atom is 0.451 e. The van der Waals surface area contributed by atoms with E-state index in [-0.39, 0.29) is 28.8 Å². The van der Waals surface area contributed by atoms with Crippen LogP contribution in [0.1, 0.15) is 51.8 Å². The van der Waals surface area contributed by atoms with Gasteiger partial charge in [-0.1, -0.05) is 11.8 Å². The van der Waals surface area contributed by atoms with Gasteiger partial charge in [0.1, 0.15) is 0 Å². The summed E-state index contributed by atoms with van der Waals surface area (Å²) in [5, 5.41) is 5.87. The first kappa shape index (κ1) is 21.0. The van der Waals surface area contributed by atoms with Crippen LogP contribution in [0.15, 0.2) is 5.16 Å². The molecule has 1 atom stereocenters. The van der Waals surface area contributed by atoms with Gasteiger partial charge in [-0.25, -0.2) is 4.79 Å². The molecule has 0 saturated carbocycles. The van der Waals surface area contributed by atoms with Gasteiger partial charge in [0.2, 0.25) is 5.82 Å². The lowest BCUT2D eigenvalue weighted by atomic mass is 10.1. The molecule has 148 valence electrons. The van der Waals surface area contributed by atoms with E-state index in [2.05, 4.69) is 15.2 Å². The predicted molar refractivity (Wildman–Crippen MR) is 91.9 cm³/mol. The topological polar surface area (TPSA) is 89.9 Å². The molecule has 0 bridgehead atoms. The third kappa shape index (κ3) is 4.18. The van der Waals surface area contributed by atoms with Gasteiger partial charge in [0, 0.05) is 12.7 Å². The number of Topliss-reactive ketones (excluding diaryl/α,β-unsaturated/α-hetero) is 1. The number of alkyl halides is 3. The minimum Gasteiger partial charge on any atom is -0.462 e. The van der Waals surface area contributed by atoms with Crippen LogP contribution >= 0.6 is 11.8 Å². The molecule has 0 fully saturated rings. The zero-order chi connectivity index (χ0) is 20.5. The Bertz CT molecular complexity index is 873. The summed E-state index contributed by atoms with van der Waals surface area (Å²) in [5.74, 6) is -2.04. The molecule has 1 N–H and O–H groups in total. The molecule has 0 saturated heterocycles. The number of aryl methyl sites for hydroxylation is 1. The van der Waals surface area contributed by atoms with Crippen LogP contribution in [0.2, 0.25) is 0 Å². The van der Waals surface area contributed by atoms with Gasteiger partial charge in [0.05, 0.1) is 23.1 Å². The maximum atomic E-state index is 12.8. The van der Waals surface area contributed by atoms with Gasteiger partial charge < -0.3 is 14.3 Å². The monoisotopic (exact) mass is 404 g/mol. The highest BCUT2D eigenvalue weighted by Crippen LogP contribution is 2.32. The molecule has 0 aliphatic rings. The van der Waals surface area contributed by atoms with Crippen molar-refractivity contribution in [3.8, 4) is 0 Å². The fourth-order valence-electron chi connectivity index (χ4n) is 2.59. The summed E-state index contributed by atoms with van der Waals surface area (Å²) in [5.41, 5.74) is 1.44. The number of ketones is 1. The molecule has 0 aliphatic heterocycles. The number of ether oxygens (including phenoxy) is 1.